The molecule has 1 aliphatic rings. The average Bonchev–Trinajstić information content (AvgIpc) is 3.20. The van der Waals surface area contributed by atoms with Gasteiger partial charge in [-0.05, 0) is 23.3 Å². The maximum absolute atomic E-state index is 12.3. The lowest BCUT2D eigenvalue weighted by Crippen LogP contribution is -2.31. The highest BCUT2D eigenvalue weighted by atomic mass is 16.5. The third-order valence-electron chi connectivity index (χ3n) is 4.17. The van der Waals surface area contributed by atoms with Crippen LogP contribution >= 0.6 is 0 Å². The number of hydrogen-bond donors (Lipinski definition) is 1. The molecule has 1 N–H and O–H groups in total. The molecule has 2 heterocycles. The van der Waals surface area contributed by atoms with Crippen molar-refractivity contribution in [2.24, 2.45) is 0 Å². The number of hydrogen-bond acceptors (Lipinski definition) is 6. The molecule has 0 spiro atoms. The summed E-state index contributed by atoms with van der Waals surface area (Å²) in [5, 5.41) is 14.2. The van der Waals surface area contributed by atoms with Crippen LogP contribution in [0.1, 0.15) is 58.2 Å². The highest BCUT2D eigenvalue weighted by Crippen LogP contribution is 2.27. The van der Waals surface area contributed by atoms with E-state index in [2.05, 4.69) is 20.9 Å². The number of carbonyl (C=O) groups excluding carboxylic acids is 1. The minimum Gasteiger partial charge on any atom is -0.338 e. The van der Waals surface area contributed by atoms with E-state index in [1.54, 1.807) is 6.07 Å². The Kier molecular flexibility index (Phi) is 4.25. The van der Waals surface area contributed by atoms with Gasteiger partial charge < -0.3 is 4.52 Å². The second-order valence-electron chi connectivity index (χ2n) is 7.18. The largest absolute Gasteiger partial charge is 0.364 e. The highest BCUT2D eigenvalue weighted by molar-refractivity contribution is 5.89. The minimum atomic E-state index is -0.410. The maximum Gasteiger partial charge on any atom is 0.364 e. The lowest BCUT2D eigenvalue weighted by atomic mass is 9.92. The smallest absolute Gasteiger partial charge is 0.338 e. The first-order chi connectivity index (χ1) is 11.3. The zero-order valence-electron chi connectivity index (χ0n) is 14.2. The Bertz CT molecular complexity index is 776. The van der Waals surface area contributed by atoms with Gasteiger partial charge in [0.25, 0.3) is 0 Å². The molecular weight excluding hydrogens is 312 g/mol. The molecule has 3 rings (SSSR count). The summed E-state index contributed by atoms with van der Waals surface area (Å²) in [4.78, 5) is 24.4. The number of rotatable bonds is 4. The topological polar surface area (TPSA) is 108 Å². The highest BCUT2D eigenvalue weighted by Gasteiger charge is 2.23. The van der Waals surface area contributed by atoms with E-state index >= 15 is 0 Å². The Morgan fingerprint density at radius 2 is 2.04 bits per heavy atom. The van der Waals surface area contributed by atoms with E-state index in [0.717, 1.165) is 36.1 Å². The van der Waals surface area contributed by atoms with Crippen LogP contribution in [0, 0.1) is 0 Å². The number of anilines is 1. The summed E-state index contributed by atoms with van der Waals surface area (Å²) in [5.41, 5.74) is 0.208. The van der Waals surface area contributed by atoms with E-state index in [1.807, 2.05) is 20.8 Å². The summed E-state index contributed by atoms with van der Waals surface area (Å²) in [6, 6.07) is 1.77. The predicted molar refractivity (Wildman–Crippen MR) is 85.6 cm³/mol. The first-order valence-corrected chi connectivity index (χ1v) is 8.14. The van der Waals surface area contributed by atoms with Crippen molar-refractivity contribution in [2.75, 3.05) is 5.32 Å². The molecule has 0 bridgehead atoms. The van der Waals surface area contributed by atoms with Crippen LogP contribution < -0.4 is 11.0 Å². The molecule has 0 aromatic carbocycles. The summed E-state index contributed by atoms with van der Waals surface area (Å²) < 4.78 is 7.55. The van der Waals surface area contributed by atoms with Crippen molar-refractivity contribution in [2.45, 2.75) is 64.5 Å². The van der Waals surface area contributed by atoms with Crippen molar-refractivity contribution in [3.05, 3.63) is 22.2 Å². The van der Waals surface area contributed by atoms with E-state index in [1.165, 1.54) is 4.68 Å². The summed E-state index contributed by atoms with van der Waals surface area (Å²) in [5.74, 6) is -0.159. The van der Waals surface area contributed by atoms with Crippen LogP contribution in [-0.2, 0) is 16.8 Å². The Morgan fingerprint density at radius 3 is 2.67 bits per heavy atom. The number of tetrazole rings is 1. The third-order valence-corrected chi connectivity index (χ3v) is 4.17. The summed E-state index contributed by atoms with van der Waals surface area (Å²) in [7, 11) is 0. The van der Waals surface area contributed by atoms with Crippen LogP contribution in [0.3, 0.4) is 0 Å². The number of amides is 1. The number of nitrogens with zero attached hydrogens (tertiary/aromatic N) is 5. The molecule has 24 heavy (non-hydrogen) atoms. The van der Waals surface area contributed by atoms with Crippen LogP contribution in [0.2, 0.25) is 0 Å². The van der Waals surface area contributed by atoms with Crippen LogP contribution in [0.4, 0.5) is 5.88 Å². The molecular formula is C15H22N6O3. The maximum atomic E-state index is 12.3. The van der Waals surface area contributed by atoms with E-state index in [-0.39, 0.29) is 29.6 Å². The summed E-state index contributed by atoms with van der Waals surface area (Å²) in [6.45, 7) is 5.78. The molecule has 1 fully saturated rings. The third kappa shape index (κ3) is 3.39. The van der Waals surface area contributed by atoms with Crippen LogP contribution in [0.25, 0.3) is 0 Å². The van der Waals surface area contributed by atoms with E-state index in [0.29, 0.717) is 0 Å². The van der Waals surface area contributed by atoms with Crippen LogP contribution in [0.5, 0.6) is 0 Å². The van der Waals surface area contributed by atoms with Gasteiger partial charge in [-0.25, -0.2) is 4.79 Å². The molecule has 0 saturated heterocycles. The van der Waals surface area contributed by atoms with Crippen molar-refractivity contribution >= 4 is 11.8 Å². The second-order valence-corrected chi connectivity index (χ2v) is 7.18. The van der Waals surface area contributed by atoms with Gasteiger partial charge in [-0.2, -0.15) is 9.36 Å². The van der Waals surface area contributed by atoms with Crippen molar-refractivity contribution < 1.29 is 9.32 Å². The predicted octanol–water partition coefficient (Wildman–Crippen LogP) is 1.48. The zero-order chi connectivity index (χ0) is 17.3. The Morgan fingerprint density at radius 1 is 1.33 bits per heavy atom. The van der Waals surface area contributed by atoms with Crippen molar-refractivity contribution in [3.8, 4) is 0 Å². The monoisotopic (exact) mass is 334 g/mol. The fourth-order valence-corrected chi connectivity index (χ4v) is 2.76. The van der Waals surface area contributed by atoms with Crippen molar-refractivity contribution in [3.63, 3.8) is 0 Å². The Labute approximate surface area is 139 Å². The zero-order valence-corrected chi connectivity index (χ0v) is 14.2. The molecule has 9 heteroatoms. The number of nitrogens with one attached hydrogen (secondary N) is 1. The van der Waals surface area contributed by atoms with E-state index < -0.39 is 5.91 Å². The average molecular weight is 334 g/mol. The number of carbonyl (C=O) groups is 1. The molecule has 9 nitrogen and oxygen atoms in total. The molecule has 0 aliphatic heterocycles. The van der Waals surface area contributed by atoms with Crippen LogP contribution in [0.15, 0.2) is 15.4 Å². The van der Waals surface area contributed by atoms with Gasteiger partial charge in [0.05, 0.1) is 11.7 Å². The van der Waals surface area contributed by atoms with Gasteiger partial charge in [0.2, 0.25) is 11.8 Å². The molecule has 0 atom stereocenters. The van der Waals surface area contributed by atoms with Gasteiger partial charge in [-0.15, -0.1) is 0 Å². The molecule has 2 aromatic rings. The molecule has 0 radical (unpaired) electrons. The normalized spacial score (nSPS) is 15.8. The fourth-order valence-electron chi connectivity index (χ4n) is 2.76. The fraction of sp³-hybridized carbons (Fsp3) is 0.667. The van der Waals surface area contributed by atoms with Gasteiger partial charge in [-0.3, -0.25) is 10.1 Å². The summed E-state index contributed by atoms with van der Waals surface area (Å²) >= 11 is 0. The molecule has 1 amide bonds. The summed E-state index contributed by atoms with van der Waals surface area (Å²) in [6.07, 6.45) is 4.04. The van der Waals surface area contributed by atoms with E-state index in [4.69, 9.17) is 4.52 Å². The SMILES string of the molecule is CC(C)(C)c1cc(NC(=O)Cn2nnn(C3CCCC3)c2=O)on1. The molecule has 0 unspecified atom stereocenters. The minimum absolute atomic E-state index is 0.0953. The first-order valence-electron chi connectivity index (χ1n) is 8.14. The first kappa shape index (κ1) is 16.4. The molecule has 1 saturated carbocycles. The van der Waals surface area contributed by atoms with E-state index in [9.17, 15) is 9.59 Å². The Balaban J connectivity index is 1.65. The van der Waals surface area contributed by atoms with Gasteiger partial charge in [-0.1, -0.05) is 38.8 Å². The number of aromatic nitrogens is 5. The molecule has 130 valence electrons. The second kappa shape index (κ2) is 6.21. The lowest BCUT2D eigenvalue weighted by Gasteiger charge is -2.12. The molecule has 1 aliphatic carbocycles. The molecule has 2 aromatic heterocycles. The quantitative estimate of drug-likeness (QED) is 0.907. The van der Waals surface area contributed by atoms with Gasteiger partial charge in [0.1, 0.15) is 6.54 Å². The van der Waals surface area contributed by atoms with Crippen LogP contribution in [-0.4, -0.2) is 30.9 Å². The van der Waals surface area contributed by atoms with Crippen molar-refractivity contribution in [1.82, 2.24) is 24.9 Å². The van der Waals surface area contributed by atoms with Gasteiger partial charge >= 0.3 is 5.69 Å². The standard InChI is InChI=1S/C15H22N6O3/c1-15(2,3)11-8-13(24-17-11)16-12(22)9-20-14(23)21(19-18-20)10-6-4-5-7-10/h8,10H,4-7,9H2,1-3H3,(H,16,22). The van der Waals surface area contributed by atoms with Crippen molar-refractivity contribution in [1.29, 1.82) is 0 Å². The van der Waals surface area contributed by atoms with Gasteiger partial charge in [0, 0.05) is 11.5 Å². The Hall–Kier alpha value is -2.45. The lowest BCUT2D eigenvalue weighted by molar-refractivity contribution is -0.117. The van der Waals surface area contributed by atoms with Gasteiger partial charge in [0.15, 0.2) is 0 Å².